The fraction of sp³-hybridized carbons (Fsp3) is 0.200. The van der Waals surface area contributed by atoms with Crippen LogP contribution in [-0.2, 0) is 10.0 Å². The molecule has 1 unspecified atom stereocenters. The topological polar surface area (TPSA) is 69.9 Å². The average molecular weight is 350 g/mol. The van der Waals surface area contributed by atoms with Crippen molar-refractivity contribution in [3.05, 3.63) is 60.2 Å². The van der Waals surface area contributed by atoms with Gasteiger partial charge in [-0.1, -0.05) is 11.8 Å². The number of hydrogen-bond donors (Lipinski definition) is 1. The van der Waals surface area contributed by atoms with Crippen LogP contribution in [0.1, 0.15) is 6.92 Å². The molecule has 2 N–H and O–H groups in total. The van der Waals surface area contributed by atoms with Crippen LogP contribution in [-0.4, -0.2) is 30.8 Å². The minimum Gasteiger partial charge on any atom is -0.354 e. The van der Waals surface area contributed by atoms with Gasteiger partial charge in [0.05, 0.1) is 4.90 Å². The quantitative estimate of drug-likeness (QED) is 0.901. The van der Waals surface area contributed by atoms with Gasteiger partial charge in [-0.25, -0.2) is 13.6 Å². The minimum atomic E-state index is -3.67. The van der Waals surface area contributed by atoms with E-state index in [2.05, 4.69) is 22.9 Å². The molecule has 0 aromatic heterocycles. The van der Waals surface area contributed by atoms with E-state index >= 15 is 0 Å². The number of sulfonamides is 1. The second-order valence-corrected chi connectivity index (χ2v) is 8.20. The number of anilines is 1. The Morgan fingerprint density at radius 2 is 1.70 bits per heavy atom. The molecule has 0 aliphatic carbocycles. The van der Waals surface area contributed by atoms with Crippen LogP contribution in [0.5, 0.6) is 0 Å². The third-order valence-corrected chi connectivity index (χ3v) is 5.60. The van der Waals surface area contributed by atoms with Crippen LogP contribution in [0, 0.1) is 0 Å². The number of allylic oxidation sites excluding steroid dienone is 1. The van der Waals surface area contributed by atoms with Gasteiger partial charge in [0, 0.05) is 48.6 Å². The van der Waals surface area contributed by atoms with Gasteiger partial charge < -0.3 is 14.7 Å². The Balaban J connectivity index is 1.87. The van der Waals surface area contributed by atoms with Crippen LogP contribution in [0.4, 0.5) is 5.69 Å². The summed E-state index contributed by atoms with van der Waals surface area (Å²) < 4.78 is 22.8. The van der Waals surface area contributed by atoms with E-state index < -0.39 is 10.0 Å². The second-order valence-electron chi connectivity index (χ2n) is 5.34. The van der Waals surface area contributed by atoms with Crippen molar-refractivity contribution in [2.24, 2.45) is 5.14 Å². The Hall–Kier alpha value is -1.90. The molecule has 0 spiro atoms. The summed E-state index contributed by atoms with van der Waals surface area (Å²) in [7, 11) is -1.70. The van der Waals surface area contributed by atoms with Crippen molar-refractivity contribution in [1.82, 2.24) is 9.80 Å². The van der Waals surface area contributed by atoms with Gasteiger partial charge in [0.15, 0.2) is 5.50 Å². The van der Waals surface area contributed by atoms with E-state index in [4.69, 9.17) is 5.14 Å². The summed E-state index contributed by atoms with van der Waals surface area (Å²) in [6, 6.07) is 6.60. The predicted molar refractivity (Wildman–Crippen MR) is 93.3 cm³/mol. The summed E-state index contributed by atoms with van der Waals surface area (Å²) >= 11 is 1.73. The molecule has 2 aliphatic rings. The molecule has 1 atom stereocenters. The molecule has 6 nitrogen and oxygen atoms in total. The normalized spacial score (nSPS) is 21.1. The van der Waals surface area contributed by atoms with Crippen LogP contribution in [0.2, 0.25) is 0 Å². The van der Waals surface area contributed by atoms with Crippen molar-refractivity contribution in [3.8, 4) is 0 Å². The molecular weight excluding hydrogens is 332 g/mol. The van der Waals surface area contributed by atoms with Crippen LogP contribution in [0.15, 0.2) is 65.1 Å². The average Bonchev–Trinajstić information content (AvgIpc) is 2.89. The van der Waals surface area contributed by atoms with E-state index in [0.717, 1.165) is 5.69 Å². The second kappa shape index (κ2) is 5.95. The fourth-order valence-electron chi connectivity index (χ4n) is 2.34. The summed E-state index contributed by atoms with van der Waals surface area (Å²) in [5.74, 6) is 0. The minimum absolute atomic E-state index is 0.0523. The lowest BCUT2D eigenvalue weighted by Gasteiger charge is -2.34. The highest BCUT2D eigenvalue weighted by molar-refractivity contribution is 8.03. The highest BCUT2D eigenvalue weighted by atomic mass is 32.2. The van der Waals surface area contributed by atoms with E-state index in [9.17, 15) is 8.42 Å². The molecule has 8 heteroatoms. The molecule has 2 heterocycles. The Bertz CT molecular complexity index is 770. The maximum Gasteiger partial charge on any atom is 0.238 e. The zero-order valence-corrected chi connectivity index (χ0v) is 14.5. The number of nitrogens with zero attached hydrogens (tertiary/aromatic N) is 3. The molecule has 0 fully saturated rings. The Morgan fingerprint density at radius 1 is 1.09 bits per heavy atom. The first-order chi connectivity index (χ1) is 10.8. The summed E-state index contributed by atoms with van der Waals surface area (Å²) in [6.07, 6.45) is 10.0. The van der Waals surface area contributed by atoms with Crippen LogP contribution >= 0.6 is 11.8 Å². The van der Waals surface area contributed by atoms with Crippen molar-refractivity contribution in [2.75, 3.05) is 11.9 Å². The maximum absolute atomic E-state index is 11.4. The van der Waals surface area contributed by atoms with Gasteiger partial charge in [-0.2, -0.15) is 0 Å². The lowest BCUT2D eigenvalue weighted by atomic mass is 10.3. The van der Waals surface area contributed by atoms with E-state index in [1.165, 1.54) is 17.0 Å². The third-order valence-electron chi connectivity index (χ3n) is 3.52. The maximum atomic E-state index is 11.4. The molecule has 2 aliphatic heterocycles. The van der Waals surface area contributed by atoms with E-state index in [0.29, 0.717) is 0 Å². The zero-order chi connectivity index (χ0) is 16.6. The Morgan fingerprint density at radius 3 is 2.26 bits per heavy atom. The molecule has 3 rings (SSSR count). The number of primary sulfonamides is 1. The number of rotatable bonds is 3. The largest absolute Gasteiger partial charge is 0.354 e. The number of nitrogens with two attached hydrogens (primary N) is 1. The van der Waals surface area contributed by atoms with Crippen molar-refractivity contribution < 1.29 is 8.42 Å². The summed E-state index contributed by atoms with van der Waals surface area (Å²) in [5, 5.41) is 5.15. The first kappa shape index (κ1) is 16.0. The SMILES string of the molecule is CC1=CN(c2ccc(S(N)(=O)=O)cc2)C(N2C=CN(C)C=C2)S1. The first-order valence-corrected chi connectivity index (χ1v) is 9.39. The summed E-state index contributed by atoms with van der Waals surface area (Å²) in [6.45, 7) is 2.06. The smallest absolute Gasteiger partial charge is 0.238 e. The molecule has 1 aromatic rings. The van der Waals surface area contributed by atoms with Gasteiger partial charge in [0.2, 0.25) is 10.0 Å². The van der Waals surface area contributed by atoms with Crippen LogP contribution in [0.3, 0.4) is 0 Å². The van der Waals surface area contributed by atoms with Gasteiger partial charge >= 0.3 is 0 Å². The lowest BCUT2D eigenvalue weighted by molar-refractivity contribution is 0.436. The van der Waals surface area contributed by atoms with Gasteiger partial charge in [-0.15, -0.1) is 0 Å². The Labute approximate surface area is 140 Å². The van der Waals surface area contributed by atoms with Crippen LogP contribution < -0.4 is 10.0 Å². The standard InChI is InChI=1S/C15H18N4O2S2/c1-12-11-19(13-3-5-14(6-4-13)23(16,20)21)15(22-12)18-9-7-17(2)8-10-18/h3-11,15H,1-2H3,(H2,16,20,21). The highest BCUT2D eigenvalue weighted by Crippen LogP contribution is 2.38. The van der Waals surface area contributed by atoms with Crippen LogP contribution in [0.25, 0.3) is 0 Å². The lowest BCUT2D eigenvalue weighted by Crippen LogP contribution is -2.37. The molecule has 122 valence electrons. The molecule has 0 saturated carbocycles. The fourth-order valence-corrected chi connectivity index (χ4v) is 3.92. The number of hydrogen-bond acceptors (Lipinski definition) is 6. The Kier molecular flexibility index (Phi) is 4.13. The molecule has 0 radical (unpaired) electrons. The molecule has 23 heavy (non-hydrogen) atoms. The summed E-state index contributed by atoms with van der Waals surface area (Å²) in [5.41, 5.74) is 0.962. The van der Waals surface area contributed by atoms with E-state index in [-0.39, 0.29) is 10.4 Å². The zero-order valence-electron chi connectivity index (χ0n) is 12.8. The monoisotopic (exact) mass is 350 g/mol. The van der Waals surface area contributed by atoms with Gasteiger partial charge in [-0.05, 0) is 31.2 Å². The van der Waals surface area contributed by atoms with Crippen molar-refractivity contribution in [3.63, 3.8) is 0 Å². The van der Waals surface area contributed by atoms with Gasteiger partial charge in [0.1, 0.15) is 0 Å². The number of benzene rings is 1. The van der Waals surface area contributed by atoms with Crippen molar-refractivity contribution in [2.45, 2.75) is 17.3 Å². The molecule has 1 aromatic carbocycles. The van der Waals surface area contributed by atoms with Crippen molar-refractivity contribution >= 4 is 27.5 Å². The highest BCUT2D eigenvalue weighted by Gasteiger charge is 2.29. The van der Waals surface area contributed by atoms with E-state index in [1.54, 1.807) is 23.9 Å². The molecule has 0 bridgehead atoms. The molecule has 0 saturated heterocycles. The van der Waals surface area contributed by atoms with E-state index in [1.807, 2.05) is 36.7 Å². The number of thioether (sulfide) groups is 1. The molecular formula is C15H18N4O2S2. The van der Waals surface area contributed by atoms with Gasteiger partial charge in [0.25, 0.3) is 0 Å². The first-order valence-electron chi connectivity index (χ1n) is 6.97. The van der Waals surface area contributed by atoms with Gasteiger partial charge in [-0.3, -0.25) is 0 Å². The predicted octanol–water partition coefficient (Wildman–Crippen LogP) is 2.22. The third kappa shape index (κ3) is 3.39. The summed E-state index contributed by atoms with van der Waals surface area (Å²) in [4.78, 5) is 7.48. The van der Waals surface area contributed by atoms with Crippen molar-refractivity contribution in [1.29, 1.82) is 0 Å². The molecule has 0 amide bonds.